The van der Waals surface area contributed by atoms with Crippen LogP contribution in [0.15, 0.2) is 0 Å². The number of hydrogen-bond acceptors (Lipinski definition) is 4. The Morgan fingerprint density at radius 1 is 1.44 bits per heavy atom. The molecular formula is C11H19NO4. The molecule has 1 aliphatic rings. The summed E-state index contributed by atoms with van der Waals surface area (Å²) < 4.78 is 9.89. The first-order valence-corrected chi connectivity index (χ1v) is 5.56. The molecule has 0 saturated carbocycles. The number of nitrogens with one attached hydrogen (secondary N) is 1. The molecule has 0 spiro atoms. The van der Waals surface area contributed by atoms with Gasteiger partial charge in [-0.05, 0) is 18.8 Å². The smallest absolute Gasteiger partial charge is 0.328 e. The third-order valence-electron chi connectivity index (χ3n) is 2.64. The highest BCUT2D eigenvalue weighted by Gasteiger charge is 2.30. The predicted octanol–water partition coefficient (Wildman–Crippen LogP) is 0.479. The molecule has 1 N–H and O–H groups in total. The first kappa shape index (κ1) is 13.0. The molecule has 1 amide bonds. The van der Waals surface area contributed by atoms with Crippen molar-refractivity contribution < 1.29 is 19.1 Å². The summed E-state index contributed by atoms with van der Waals surface area (Å²) in [5.41, 5.74) is 0. The maximum absolute atomic E-state index is 11.7. The summed E-state index contributed by atoms with van der Waals surface area (Å²) in [6.07, 6.45) is 1.20. The first-order valence-electron chi connectivity index (χ1n) is 5.56. The molecule has 1 heterocycles. The minimum atomic E-state index is -0.596. The average Bonchev–Trinajstić information content (AvgIpc) is 2.77. The third kappa shape index (κ3) is 3.20. The van der Waals surface area contributed by atoms with E-state index in [2.05, 4.69) is 10.1 Å². The van der Waals surface area contributed by atoms with Crippen molar-refractivity contribution in [2.45, 2.75) is 38.8 Å². The monoisotopic (exact) mass is 229 g/mol. The van der Waals surface area contributed by atoms with E-state index in [-0.39, 0.29) is 11.8 Å². The van der Waals surface area contributed by atoms with Crippen LogP contribution in [0.4, 0.5) is 0 Å². The maximum atomic E-state index is 11.7. The van der Waals surface area contributed by atoms with Crippen LogP contribution in [-0.2, 0) is 19.1 Å². The minimum absolute atomic E-state index is 0.00203. The van der Waals surface area contributed by atoms with Crippen LogP contribution in [0.3, 0.4) is 0 Å². The van der Waals surface area contributed by atoms with Gasteiger partial charge in [0.15, 0.2) is 0 Å². The van der Waals surface area contributed by atoms with Gasteiger partial charge in [-0.3, -0.25) is 4.79 Å². The molecule has 0 aliphatic carbocycles. The molecule has 0 aromatic carbocycles. The zero-order chi connectivity index (χ0) is 12.1. The van der Waals surface area contributed by atoms with E-state index in [0.717, 1.165) is 12.8 Å². The molecule has 16 heavy (non-hydrogen) atoms. The van der Waals surface area contributed by atoms with Gasteiger partial charge in [0.05, 0.1) is 7.11 Å². The number of rotatable bonds is 4. The fourth-order valence-corrected chi connectivity index (χ4v) is 1.66. The lowest BCUT2D eigenvalue weighted by Gasteiger charge is -2.21. The van der Waals surface area contributed by atoms with E-state index < -0.39 is 18.1 Å². The van der Waals surface area contributed by atoms with E-state index in [4.69, 9.17) is 4.74 Å². The summed E-state index contributed by atoms with van der Waals surface area (Å²) in [6.45, 7) is 4.33. The number of esters is 1. The fourth-order valence-electron chi connectivity index (χ4n) is 1.66. The standard InChI is InChI=1S/C11H19NO4/c1-7(2)9(11(14)15-3)12-10(13)8-5-4-6-16-8/h7-9H,4-6H2,1-3H3,(H,12,13)/t8-,9?/m0/s1. The van der Waals surface area contributed by atoms with Gasteiger partial charge in [0.2, 0.25) is 5.91 Å². The van der Waals surface area contributed by atoms with Crippen molar-refractivity contribution in [3.63, 3.8) is 0 Å². The molecule has 0 aromatic heterocycles. The lowest BCUT2D eigenvalue weighted by Crippen LogP contribution is -2.48. The molecule has 1 saturated heterocycles. The van der Waals surface area contributed by atoms with Crippen LogP contribution < -0.4 is 5.32 Å². The van der Waals surface area contributed by atoms with Crippen LogP contribution in [0, 0.1) is 5.92 Å². The Bertz CT molecular complexity index is 259. The Morgan fingerprint density at radius 2 is 2.12 bits per heavy atom. The molecule has 1 unspecified atom stereocenters. The molecule has 0 radical (unpaired) electrons. The second-order valence-electron chi connectivity index (χ2n) is 4.26. The third-order valence-corrected chi connectivity index (χ3v) is 2.64. The minimum Gasteiger partial charge on any atom is -0.467 e. The van der Waals surface area contributed by atoms with Crippen molar-refractivity contribution in [3.8, 4) is 0 Å². The predicted molar refractivity (Wildman–Crippen MR) is 57.8 cm³/mol. The first-order chi connectivity index (χ1) is 7.56. The van der Waals surface area contributed by atoms with Gasteiger partial charge >= 0.3 is 5.97 Å². The summed E-state index contributed by atoms with van der Waals surface area (Å²) in [5.74, 6) is -0.638. The van der Waals surface area contributed by atoms with Crippen LogP contribution >= 0.6 is 0 Å². The van der Waals surface area contributed by atoms with Gasteiger partial charge in [0.1, 0.15) is 12.1 Å². The maximum Gasteiger partial charge on any atom is 0.328 e. The summed E-state index contributed by atoms with van der Waals surface area (Å²) in [6, 6.07) is -0.596. The van der Waals surface area contributed by atoms with E-state index in [1.807, 2.05) is 13.8 Å². The van der Waals surface area contributed by atoms with Crippen LogP contribution in [0.5, 0.6) is 0 Å². The van der Waals surface area contributed by atoms with Gasteiger partial charge < -0.3 is 14.8 Å². The number of ether oxygens (including phenoxy) is 2. The zero-order valence-corrected chi connectivity index (χ0v) is 9.99. The largest absolute Gasteiger partial charge is 0.467 e. The normalized spacial score (nSPS) is 21.9. The fraction of sp³-hybridized carbons (Fsp3) is 0.818. The molecule has 0 bridgehead atoms. The number of hydrogen-bond donors (Lipinski definition) is 1. The Kier molecular flexibility index (Phi) is 4.73. The Balaban J connectivity index is 2.53. The molecule has 0 aromatic rings. The number of methoxy groups -OCH3 is 1. The number of carbonyl (C=O) groups excluding carboxylic acids is 2. The molecule has 1 aliphatic heterocycles. The second-order valence-corrected chi connectivity index (χ2v) is 4.26. The van der Waals surface area contributed by atoms with E-state index in [1.165, 1.54) is 7.11 Å². The van der Waals surface area contributed by atoms with Crippen molar-refractivity contribution in [1.29, 1.82) is 0 Å². The highest BCUT2D eigenvalue weighted by Crippen LogP contribution is 2.13. The van der Waals surface area contributed by atoms with Gasteiger partial charge in [-0.1, -0.05) is 13.8 Å². The second kappa shape index (κ2) is 5.84. The average molecular weight is 229 g/mol. The van der Waals surface area contributed by atoms with Crippen molar-refractivity contribution in [1.82, 2.24) is 5.32 Å². The summed E-state index contributed by atoms with van der Waals surface area (Å²) >= 11 is 0. The van der Waals surface area contributed by atoms with E-state index >= 15 is 0 Å². The van der Waals surface area contributed by atoms with Gasteiger partial charge in [-0.15, -0.1) is 0 Å². The van der Waals surface area contributed by atoms with Crippen LogP contribution in [0.2, 0.25) is 0 Å². The van der Waals surface area contributed by atoms with Gasteiger partial charge in [0.25, 0.3) is 0 Å². The van der Waals surface area contributed by atoms with E-state index in [1.54, 1.807) is 0 Å². The molecule has 1 rings (SSSR count). The Labute approximate surface area is 95.5 Å². The number of carbonyl (C=O) groups is 2. The quantitative estimate of drug-likeness (QED) is 0.712. The molecule has 5 nitrogen and oxygen atoms in total. The molecule has 1 fully saturated rings. The van der Waals surface area contributed by atoms with E-state index in [9.17, 15) is 9.59 Å². The topological polar surface area (TPSA) is 64.6 Å². The summed E-state index contributed by atoms with van der Waals surface area (Å²) in [7, 11) is 1.32. The Hall–Kier alpha value is -1.10. The lowest BCUT2D eigenvalue weighted by atomic mass is 10.0. The molecule has 2 atom stereocenters. The van der Waals surface area contributed by atoms with Gasteiger partial charge in [-0.2, -0.15) is 0 Å². The summed E-state index contributed by atoms with van der Waals surface area (Å²) in [5, 5.41) is 2.67. The van der Waals surface area contributed by atoms with Crippen molar-refractivity contribution in [2.24, 2.45) is 5.92 Å². The van der Waals surface area contributed by atoms with Crippen molar-refractivity contribution >= 4 is 11.9 Å². The van der Waals surface area contributed by atoms with E-state index in [0.29, 0.717) is 6.61 Å². The van der Waals surface area contributed by atoms with Crippen LogP contribution in [0.25, 0.3) is 0 Å². The SMILES string of the molecule is COC(=O)C(NC(=O)[C@@H]1CCCO1)C(C)C. The Morgan fingerprint density at radius 3 is 2.56 bits per heavy atom. The highest BCUT2D eigenvalue weighted by atomic mass is 16.5. The lowest BCUT2D eigenvalue weighted by molar-refractivity contribution is -0.147. The summed E-state index contributed by atoms with van der Waals surface area (Å²) in [4.78, 5) is 23.2. The van der Waals surface area contributed by atoms with Crippen molar-refractivity contribution in [3.05, 3.63) is 0 Å². The highest BCUT2D eigenvalue weighted by molar-refractivity contribution is 5.87. The molecule has 5 heteroatoms. The van der Waals surface area contributed by atoms with Gasteiger partial charge in [0, 0.05) is 6.61 Å². The molecule has 92 valence electrons. The van der Waals surface area contributed by atoms with Crippen LogP contribution in [0.1, 0.15) is 26.7 Å². The van der Waals surface area contributed by atoms with Gasteiger partial charge in [-0.25, -0.2) is 4.79 Å². The van der Waals surface area contributed by atoms with Crippen LogP contribution in [-0.4, -0.2) is 37.7 Å². The zero-order valence-electron chi connectivity index (χ0n) is 9.99. The molecular weight excluding hydrogens is 210 g/mol. The van der Waals surface area contributed by atoms with Crippen molar-refractivity contribution in [2.75, 3.05) is 13.7 Å². The number of amides is 1.